The summed E-state index contributed by atoms with van der Waals surface area (Å²) in [5.41, 5.74) is 11.2. The minimum Gasteiger partial charge on any atom is -0.206 e. The fourth-order valence-corrected chi connectivity index (χ4v) is 25.1. The highest BCUT2D eigenvalue weighted by Crippen LogP contribution is 2.69. The Balaban J connectivity index is 0.896. The third kappa shape index (κ3) is 24.3. The van der Waals surface area contributed by atoms with Crippen molar-refractivity contribution in [3.8, 4) is 20.9 Å². The van der Waals surface area contributed by atoms with Crippen LogP contribution in [0.4, 0.5) is 8.78 Å². The number of fused-ring (bicyclic) bond motifs is 10. The fourth-order valence-electron chi connectivity index (χ4n) is 20.0. The van der Waals surface area contributed by atoms with Crippen LogP contribution in [0.5, 0.6) is 0 Å². The highest BCUT2D eigenvalue weighted by atomic mass is 32.1. The second-order valence-electron chi connectivity index (χ2n) is 35.6. The molecule has 6 heteroatoms. The van der Waals surface area contributed by atoms with Crippen molar-refractivity contribution in [3.63, 3.8) is 0 Å². The first kappa shape index (κ1) is 90.1. The van der Waals surface area contributed by atoms with E-state index < -0.39 is 10.8 Å². The van der Waals surface area contributed by atoms with Crippen LogP contribution in [0.2, 0.25) is 0 Å². The molecule has 0 unspecified atom stereocenters. The molecule has 0 spiro atoms. The van der Waals surface area contributed by atoms with Gasteiger partial charge in [-0.1, -0.05) is 459 Å². The molecule has 0 fully saturated rings. The van der Waals surface area contributed by atoms with Gasteiger partial charge in [0.05, 0.1) is 20.2 Å². The SMILES string of the molecule is CCCCCCCCCCCCCCCCc1ccc(C2(c3ccc(CCCCCCCCCCCCCCCC)cc3)c3c(F)c4c(c(F)c3-c3sc5ccsc5c32)C(c2ccc(CCCCCCCCCCCCCCCC)cc2)(c2ccc(CCCCCCCCCCCCCCCC)cc2)c2c-4sc3ccsc23)cc1. The summed E-state index contributed by atoms with van der Waals surface area (Å²) >= 11 is 6.88. The average molecular weight is 1620 g/mol. The molecule has 2 aliphatic carbocycles. The number of hydrogen-bond acceptors (Lipinski definition) is 4. The molecule has 0 bridgehead atoms. The lowest BCUT2D eigenvalue weighted by Crippen LogP contribution is -2.32. The zero-order valence-corrected chi connectivity index (χ0v) is 75.6. The Morgan fingerprint density at radius 1 is 0.219 bits per heavy atom. The molecular weight excluding hydrogens is 1460 g/mol. The normalized spacial score (nSPS) is 13.3. The molecule has 0 nitrogen and oxygen atoms in total. The lowest BCUT2D eigenvalue weighted by Gasteiger charge is -2.36. The summed E-state index contributed by atoms with van der Waals surface area (Å²) in [5.74, 6) is -0.512. The zero-order chi connectivity index (χ0) is 79.1. The van der Waals surface area contributed by atoms with Crippen LogP contribution in [0.25, 0.3) is 39.7 Å². The first-order valence-corrected chi connectivity index (χ1v) is 51.7. The van der Waals surface area contributed by atoms with E-state index in [2.05, 4.69) is 148 Å². The minimum atomic E-state index is -1.13. The van der Waals surface area contributed by atoms with Crippen molar-refractivity contribution in [2.75, 3.05) is 0 Å². The Kier molecular flexibility index (Phi) is 39.8. The summed E-state index contributed by atoms with van der Waals surface area (Å²) in [6.45, 7) is 9.23. The second kappa shape index (κ2) is 50.4. The maximum atomic E-state index is 20.7. The van der Waals surface area contributed by atoms with E-state index in [0.29, 0.717) is 22.3 Å². The minimum absolute atomic E-state index is 0.256. The van der Waals surface area contributed by atoms with Crippen LogP contribution in [0, 0.1) is 11.6 Å². The van der Waals surface area contributed by atoms with Gasteiger partial charge in [0.2, 0.25) is 0 Å². The lowest BCUT2D eigenvalue weighted by molar-refractivity contribution is 0.535. The Labute approximate surface area is 710 Å². The smallest absolute Gasteiger partial charge is 0.137 e. The summed E-state index contributed by atoms with van der Waals surface area (Å²) in [6, 6.07) is 41.9. The van der Waals surface area contributed by atoms with Gasteiger partial charge in [0.15, 0.2) is 0 Å². The highest BCUT2D eigenvalue weighted by Gasteiger charge is 2.59. The average Bonchev–Trinajstić information content (AvgIpc) is 1.48. The first-order valence-electron chi connectivity index (χ1n) is 48.3. The van der Waals surface area contributed by atoms with Crippen molar-refractivity contribution in [3.05, 3.63) is 198 Å². The van der Waals surface area contributed by atoms with Crippen LogP contribution in [-0.2, 0) is 36.5 Å². The maximum Gasteiger partial charge on any atom is 0.137 e. The number of rotatable bonds is 64. The van der Waals surface area contributed by atoms with Crippen LogP contribution in [0.15, 0.2) is 120 Å². The largest absolute Gasteiger partial charge is 0.206 e. The molecule has 2 aliphatic rings. The lowest BCUT2D eigenvalue weighted by atomic mass is 9.65. The Bertz CT molecular complexity index is 3680. The van der Waals surface area contributed by atoms with Crippen molar-refractivity contribution in [2.24, 2.45) is 0 Å². The van der Waals surface area contributed by atoms with Crippen molar-refractivity contribution < 1.29 is 8.78 Å². The van der Waals surface area contributed by atoms with Gasteiger partial charge in [0, 0.05) is 52.5 Å². The molecule has 9 aromatic rings. The third-order valence-corrected chi connectivity index (χ3v) is 31.2. The van der Waals surface area contributed by atoms with Crippen LogP contribution < -0.4 is 0 Å². The molecule has 0 atom stereocenters. The highest BCUT2D eigenvalue weighted by molar-refractivity contribution is 7.30. The first-order chi connectivity index (χ1) is 56.4. The van der Waals surface area contributed by atoms with E-state index in [1.165, 1.54) is 356 Å². The van der Waals surface area contributed by atoms with Crippen LogP contribution in [0.3, 0.4) is 0 Å². The van der Waals surface area contributed by atoms with Crippen LogP contribution in [-0.4, -0.2) is 0 Å². The maximum absolute atomic E-state index is 20.7. The third-order valence-electron chi connectivity index (χ3n) is 26.7. The van der Waals surface area contributed by atoms with E-state index in [1.807, 2.05) is 0 Å². The number of halogens is 2. The van der Waals surface area contributed by atoms with Crippen molar-refractivity contribution >= 4 is 64.1 Å². The van der Waals surface area contributed by atoms with Gasteiger partial charge in [-0.25, -0.2) is 8.78 Å². The van der Waals surface area contributed by atoms with Crippen LogP contribution in [0.1, 0.15) is 454 Å². The quantitative estimate of drug-likeness (QED) is 0.0333. The molecule has 4 heterocycles. The molecule has 5 aromatic carbocycles. The topological polar surface area (TPSA) is 0 Å². The van der Waals surface area contributed by atoms with Gasteiger partial charge in [0.25, 0.3) is 0 Å². The Hall–Kier alpha value is -4.72. The molecule has 11 rings (SSSR count). The molecule has 622 valence electrons. The predicted molar refractivity (Wildman–Crippen MR) is 504 cm³/mol. The van der Waals surface area contributed by atoms with Crippen molar-refractivity contribution in [1.82, 2.24) is 0 Å². The molecule has 114 heavy (non-hydrogen) atoms. The summed E-state index contributed by atoms with van der Waals surface area (Å²) in [5, 5.41) is 4.42. The fraction of sp³-hybridized carbons (Fsp3) is 0.611. The Morgan fingerprint density at radius 3 is 0.596 bits per heavy atom. The standard InChI is InChI=1S/C108H152F2S4/c1-5-9-13-17-21-25-29-33-37-41-45-49-53-57-61-85-65-73-89(74-66-85)107(90-75-67-86(68-76-90)62-58-54-50-46-42-38-34-30-26-22-18-14-10-6-2)97-95(105-99(107)103-93(113-105)81-83-111-103)102(110)98-96(101(97)109)106-100(104-94(114-106)82-84-112-104)108(98,91-77-69-87(70-78-91)63-59-55-51-47-43-39-35-31-27-23-19-15-11-7-3)92-79-71-88(72-80-92)64-60-56-52-48-44-40-36-32-28-24-20-16-12-8-4/h65-84H,5-64H2,1-4H3. The second-order valence-corrected chi connectivity index (χ2v) is 39.6. The van der Waals surface area contributed by atoms with Gasteiger partial charge < -0.3 is 0 Å². The molecule has 0 radical (unpaired) electrons. The summed E-state index contributed by atoms with van der Waals surface area (Å²) in [4.78, 5) is 1.78. The number of thiophene rings is 4. The van der Waals surface area contributed by atoms with E-state index in [-0.39, 0.29) is 11.6 Å². The molecule has 0 amide bonds. The van der Waals surface area contributed by atoms with Gasteiger partial charge in [-0.3, -0.25) is 0 Å². The molecule has 0 saturated heterocycles. The summed E-state index contributed by atoms with van der Waals surface area (Å²) in [6.07, 6.45) is 79.5. The van der Waals surface area contributed by atoms with Gasteiger partial charge in [-0.15, -0.1) is 45.3 Å². The van der Waals surface area contributed by atoms with Gasteiger partial charge >= 0.3 is 0 Å². The Morgan fingerprint density at radius 2 is 0.404 bits per heavy atom. The van der Waals surface area contributed by atoms with E-state index in [0.717, 1.165) is 113 Å². The molecule has 0 N–H and O–H groups in total. The van der Waals surface area contributed by atoms with E-state index in [9.17, 15) is 0 Å². The van der Waals surface area contributed by atoms with E-state index in [4.69, 9.17) is 0 Å². The molecule has 0 aliphatic heterocycles. The van der Waals surface area contributed by atoms with E-state index in [1.54, 1.807) is 45.3 Å². The summed E-state index contributed by atoms with van der Waals surface area (Å²) in [7, 11) is 0. The number of unbranched alkanes of at least 4 members (excludes halogenated alkanes) is 52. The number of aryl methyl sites for hydroxylation is 4. The summed E-state index contributed by atoms with van der Waals surface area (Å²) < 4.78 is 46.0. The van der Waals surface area contributed by atoms with Gasteiger partial charge in [0.1, 0.15) is 11.6 Å². The van der Waals surface area contributed by atoms with Crippen LogP contribution >= 0.6 is 45.3 Å². The van der Waals surface area contributed by atoms with Gasteiger partial charge in [-0.2, -0.15) is 0 Å². The molecule has 4 aromatic heterocycles. The zero-order valence-electron chi connectivity index (χ0n) is 72.4. The molecule has 0 saturated carbocycles. The predicted octanol–water partition coefficient (Wildman–Crippen LogP) is 37.3. The number of hydrogen-bond donors (Lipinski definition) is 0. The van der Waals surface area contributed by atoms with Crippen molar-refractivity contribution in [1.29, 1.82) is 0 Å². The monoisotopic (exact) mass is 1620 g/mol. The van der Waals surface area contributed by atoms with Crippen molar-refractivity contribution in [2.45, 2.75) is 424 Å². The number of benzene rings is 5. The van der Waals surface area contributed by atoms with Gasteiger partial charge in [-0.05, 0) is 119 Å². The molecular formula is C108H152F2S4. The van der Waals surface area contributed by atoms with E-state index >= 15 is 8.78 Å².